The van der Waals surface area contributed by atoms with E-state index < -0.39 is 0 Å². The Labute approximate surface area is 336 Å². The van der Waals surface area contributed by atoms with Crippen LogP contribution in [0.15, 0.2) is 182 Å². The minimum atomic E-state index is 0.112. The van der Waals surface area contributed by atoms with Crippen molar-refractivity contribution < 1.29 is 9.47 Å². The average molecular weight is 748 g/mol. The summed E-state index contributed by atoms with van der Waals surface area (Å²) in [6.45, 7) is 1.97. The van der Waals surface area contributed by atoms with Crippen molar-refractivity contribution in [2.24, 2.45) is 18.5 Å². The molecular weight excluding hydrogens is 699 g/mol. The van der Waals surface area contributed by atoms with Crippen molar-refractivity contribution in [3.05, 3.63) is 215 Å². The van der Waals surface area contributed by atoms with E-state index in [9.17, 15) is 0 Å². The monoisotopic (exact) mass is 747 g/mol. The van der Waals surface area contributed by atoms with E-state index >= 15 is 0 Å². The number of rotatable bonds is 5. The molecule has 5 heteroatoms. The summed E-state index contributed by atoms with van der Waals surface area (Å²) in [6, 6.07) is 50.3. The Hall–Kier alpha value is -6.82. The van der Waals surface area contributed by atoms with Gasteiger partial charge in [0.15, 0.2) is 11.5 Å². The Bertz CT molecular complexity index is 2630. The smallest absolute Gasteiger partial charge is 0.193 e. The number of fused-ring (bicyclic) bond motifs is 6. The van der Waals surface area contributed by atoms with Crippen LogP contribution in [0.1, 0.15) is 59.1 Å². The molecule has 9 rings (SSSR count). The fraction of sp³-hybridized carbons (Fsp3) is 0.115. The Balaban J connectivity index is 0.000000167. The lowest BCUT2D eigenvalue weighted by atomic mass is 9.87. The molecule has 6 aromatic carbocycles. The lowest BCUT2D eigenvalue weighted by molar-refractivity contribution is 0.393. The molecular formula is C52H49N3O2. The first kappa shape index (κ1) is 38.5. The summed E-state index contributed by atoms with van der Waals surface area (Å²) in [7, 11) is 3.56. The zero-order valence-corrected chi connectivity index (χ0v) is 32.8. The lowest BCUT2D eigenvalue weighted by Gasteiger charge is -2.18. The van der Waals surface area contributed by atoms with Crippen LogP contribution in [-0.4, -0.2) is 11.6 Å². The van der Waals surface area contributed by atoms with Crippen LogP contribution in [0.4, 0.5) is 0 Å². The number of nitrogens with zero attached hydrogens (tertiary/aromatic N) is 1. The van der Waals surface area contributed by atoms with E-state index in [1.807, 2.05) is 49.4 Å². The number of benzene rings is 6. The fourth-order valence-corrected chi connectivity index (χ4v) is 7.53. The molecule has 2 heterocycles. The van der Waals surface area contributed by atoms with Crippen molar-refractivity contribution in [1.29, 1.82) is 0 Å². The van der Waals surface area contributed by atoms with Gasteiger partial charge >= 0.3 is 0 Å². The Kier molecular flexibility index (Phi) is 12.3. The second kappa shape index (κ2) is 18.2. The van der Waals surface area contributed by atoms with Crippen LogP contribution in [0.5, 0.6) is 11.5 Å². The first-order valence-corrected chi connectivity index (χ1v) is 19.4. The normalized spacial score (nSPS) is 15.4. The highest BCUT2D eigenvalue weighted by molar-refractivity contribution is 6.10. The zero-order valence-electron chi connectivity index (χ0n) is 32.8. The number of aryl methyl sites for hydroxylation is 1. The molecule has 5 nitrogen and oxygen atoms in total. The minimum absolute atomic E-state index is 0.112. The molecule has 284 valence electrons. The molecule has 1 atom stereocenters. The Morgan fingerprint density at radius 3 is 2.21 bits per heavy atom. The van der Waals surface area contributed by atoms with Crippen molar-refractivity contribution in [1.82, 2.24) is 4.57 Å². The van der Waals surface area contributed by atoms with E-state index in [1.165, 1.54) is 40.2 Å². The lowest BCUT2D eigenvalue weighted by Crippen LogP contribution is -2.04. The minimum Gasteiger partial charge on any atom is -0.459 e. The molecule has 0 fully saturated rings. The van der Waals surface area contributed by atoms with Gasteiger partial charge in [-0.05, 0) is 102 Å². The number of ether oxygens (including phenoxy) is 2. The highest BCUT2D eigenvalue weighted by atomic mass is 16.5. The summed E-state index contributed by atoms with van der Waals surface area (Å²) in [6.07, 6.45) is 16.8. The highest BCUT2D eigenvalue weighted by Gasteiger charge is 2.19. The average Bonchev–Trinajstić information content (AvgIpc) is 3.57. The first-order valence-electron chi connectivity index (χ1n) is 19.4. The maximum Gasteiger partial charge on any atom is 0.193 e. The van der Waals surface area contributed by atoms with Gasteiger partial charge in [-0.3, -0.25) is 0 Å². The summed E-state index contributed by atoms with van der Waals surface area (Å²) in [4.78, 5) is 0. The molecule has 2 aliphatic rings. The number of allylic oxidation sites excluding steroid dienone is 6. The molecule has 1 aliphatic carbocycles. The van der Waals surface area contributed by atoms with Gasteiger partial charge in [0.1, 0.15) is 5.76 Å². The van der Waals surface area contributed by atoms with E-state index in [-0.39, 0.29) is 5.92 Å². The van der Waals surface area contributed by atoms with Crippen molar-refractivity contribution >= 4 is 45.2 Å². The Morgan fingerprint density at radius 1 is 0.737 bits per heavy atom. The predicted octanol–water partition coefficient (Wildman–Crippen LogP) is 12.3. The van der Waals surface area contributed by atoms with Crippen molar-refractivity contribution in [2.75, 3.05) is 7.05 Å². The van der Waals surface area contributed by atoms with Crippen molar-refractivity contribution in [3.63, 3.8) is 0 Å². The second-order valence-electron chi connectivity index (χ2n) is 13.9. The second-order valence-corrected chi connectivity index (χ2v) is 13.9. The van der Waals surface area contributed by atoms with Crippen LogP contribution in [0.3, 0.4) is 0 Å². The molecule has 1 aliphatic heterocycles. The fourth-order valence-electron chi connectivity index (χ4n) is 7.53. The number of para-hydroxylation sites is 1. The van der Waals surface area contributed by atoms with E-state index in [4.69, 9.17) is 15.2 Å². The summed E-state index contributed by atoms with van der Waals surface area (Å²) >= 11 is 0. The third kappa shape index (κ3) is 8.70. The van der Waals surface area contributed by atoms with E-state index in [1.54, 1.807) is 6.26 Å². The molecule has 0 saturated heterocycles. The number of hydrogen-bond donors (Lipinski definition) is 2. The third-order valence-electron chi connectivity index (χ3n) is 10.3. The largest absolute Gasteiger partial charge is 0.459 e. The van der Waals surface area contributed by atoms with E-state index in [0.717, 1.165) is 57.6 Å². The summed E-state index contributed by atoms with van der Waals surface area (Å²) < 4.78 is 14.5. The number of hydrogen-bond acceptors (Lipinski definition) is 4. The SMILES string of the molecule is C/C1=C\c2ccccc2/C=C/Oc2c(ccc3c4ccccc4n(C)c23)O1.CN.N/C(=C\C(c1ccccc1)c1cccc(C2=CC=CCC2)c1)c1ccccc1. The summed E-state index contributed by atoms with van der Waals surface area (Å²) in [5, 5.41) is 2.36. The molecule has 7 aromatic rings. The first-order chi connectivity index (χ1) is 28.0. The van der Waals surface area contributed by atoms with Gasteiger partial charge in [-0.2, -0.15) is 0 Å². The zero-order chi connectivity index (χ0) is 39.6. The Morgan fingerprint density at radius 2 is 1.44 bits per heavy atom. The van der Waals surface area contributed by atoms with Crippen LogP contribution in [0.2, 0.25) is 0 Å². The van der Waals surface area contributed by atoms with Gasteiger partial charge < -0.3 is 25.5 Å². The highest BCUT2D eigenvalue weighted by Crippen LogP contribution is 2.42. The third-order valence-corrected chi connectivity index (χ3v) is 10.3. The van der Waals surface area contributed by atoms with Crippen LogP contribution >= 0.6 is 0 Å². The van der Waals surface area contributed by atoms with Gasteiger partial charge in [0.05, 0.1) is 11.8 Å². The van der Waals surface area contributed by atoms with Crippen LogP contribution in [0, 0.1) is 0 Å². The molecule has 0 radical (unpaired) electrons. The summed E-state index contributed by atoms with van der Waals surface area (Å²) in [5.74, 6) is 2.38. The molecule has 0 amide bonds. The quantitative estimate of drug-likeness (QED) is 0.184. The maximum atomic E-state index is 6.49. The predicted molar refractivity (Wildman–Crippen MR) is 241 cm³/mol. The number of nitrogens with two attached hydrogens (primary N) is 2. The summed E-state index contributed by atoms with van der Waals surface area (Å²) in [5.41, 5.74) is 22.4. The van der Waals surface area contributed by atoms with E-state index in [2.05, 4.69) is 157 Å². The van der Waals surface area contributed by atoms with Crippen LogP contribution in [-0.2, 0) is 7.05 Å². The van der Waals surface area contributed by atoms with Gasteiger partial charge in [0.25, 0.3) is 0 Å². The van der Waals surface area contributed by atoms with Gasteiger partial charge in [-0.1, -0.05) is 146 Å². The molecule has 0 spiro atoms. The van der Waals surface area contributed by atoms with Crippen LogP contribution in [0.25, 0.3) is 45.2 Å². The van der Waals surface area contributed by atoms with E-state index in [0.29, 0.717) is 5.75 Å². The van der Waals surface area contributed by atoms with Crippen molar-refractivity contribution in [3.8, 4) is 11.5 Å². The molecule has 0 saturated carbocycles. The van der Waals surface area contributed by atoms with Gasteiger partial charge in [0.2, 0.25) is 0 Å². The number of aromatic nitrogens is 1. The molecule has 4 N–H and O–H groups in total. The van der Waals surface area contributed by atoms with Gasteiger partial charge in [-0.25, -0.2) is 0 Å². The van der Waals surface area contributed by atoms with Crippen molar-refractivity contribution in [2.45, 2.75) is 25.7 Å². The van der Waals surface area contributed by atoms with Gasteiger partial charge in [0, 0.05) is 35.0 Å². The standard InChI is InChI=1S/C27H25N.C24H19NO2.CH5N/c28-27(23-15-8-3-9-16-23)20-26(22-13-6-2-7-14-22)25-18-10-17-24(19-25)21-11-4-1-5-12-21;1-16-15-18-8-4-3-7-17(18)13-14-26-24-22(27-16)12-11-20-19-9-5-6-10-21(19)25(2)23(20)24;1-2/h1-4,6-11,13-20,26H,5,12,28H2;3-15H,1-2H3;2H2,1H3/b27-20-;14-13+,16-15+;. The molecule has 0 bridgehead atoms. The molecule has 1 aromatic heterocycles. The molecule has 1 unspecified atom stereocenters. The topological polar surface area (TPSA) is 75.4 Å². The maximum absolute atomic E-state index is 6.49. The van der Waals surface area contributed by atoms with Gasteiger partial charge in [-0.15, -0.1) is 0 Å². The van der Waals surface area contributed by atoms with Crippen LogP contribution < -0.4 is 20.9 Å². The molecule has 57 heavy (non-hydrogen) atoms.